The first kappa shape index (κ1) is 10.6. The molecular formula is C11H15NO2. The lowest BCUT2D eigenvalue weighted by atomic mass is 10.3. The third-order valence-electron chi connectivity index (χ3n) is 1.75. The maximum Gasteiger partial charge on any atom is 0.414 e. The zero-order valence-corrected chi connectivity index (χ0v) is 8.73. The Morgan fingerprint density at radius 3 is 2.36 bits per heavy atom. The molecule has 1 amide bonds. The number of anilines is 1. The molecule has 1 aromatic carbocycles. The van der Waals surface area contributed by atoms with E-state index in [0.29, 0.717) is 0 Å². The largest absolute Gasteiger partial charge is 0.446 e. The zero-order chi connectivity index (χ0) is 10.6. The average molecular weight is 193 g/mol. The Balaban J connectivity index is 2.66. The lowest BCUT2D eigenvalue weighted by Gasteiger charge is -2.18. The van der Waals surface area contributed by atoms with Gasteiger partial charge in [0.2, 0.25) is 0 Å². The molecule has 0 aliphatic rings. The van der Waals surface area contributed by atoms with Crippen molar-refractivity contribution in [2.45, 2.75) is 20.0 Å². The van der Waals surface area contributed by atoms with Crippen LogP contribution in [-0.2, 0) is 4.74 Å². The van der Waals surface area contributed by atoms with E-state index >= 15 is 0 Å². The van der Waals surface area contributed by atoms with Crippen LogP contribution < -0.4 is 4.90 Å². The van der Waals surface area contributed by atoms with Gasteiger partial charge in [-0.15, -0.1) is 0 Å². The number of carbonyl (C=O) groups excluding carboxylic acids is 1. The van der Waals surface area contributed by atoms with Crippen molar-refractivity contribution in [3.63, 3.8) is 0 Å². The van der Waals surface area contributed by atoms with E-state index in [1.165, 1.54) is 4.90 Å². The Morgan fingerprint density at radius 1 is 1.29 bits per heavy atom. The normalized spacial score (nSPS) is 10.0. The highest BCUT2D eigenvalue weighted by Crippen LogP contribution is 2.12. The van der Waals surface area contributed by atoms with Crippen LogP contribution in [0.15, 0.2) is 30.3 Å². The van der Waals surface area contributed by atoms with Crippen LogP contribution in [-0.4, -0.2) is 19.2 Å². The van der Waals surface area contributed by atoms with E-state index < -0.39 is 0 Å². The number of hydrogen-bond donors (Lipinski definition) is 0. The summed E-state index contributed by atoms with van der Waals surface area (Å²) in [4.78, 5) is 12.9. The third-order valence-corrected chi connectivity index (χ3v) is 1.75. The van der Waals surface area contributed by atoms with Crippen molar-refractivity contribution < 1.29 is 9.53 Å². The molecule has 3 nitrogen and oxygen atoms in total. The summed E-state index contributed by atoms with van der Waals surface area (Å²) in [6.45, 7) is 3.66. The fraction of sp³-hybridized carbons (Fsp3) is 0.364. The summed E-state index contributed by atoms with van der Waals surface area (Å²) in [6, 6.07) is 9.40. The molecule has 1 aromatic rings. The monoisotopic (exact) mass is 193 g/mol. The number of hydrogen-bond acceptors (Lipinski definition) is 2. The summed E-state index contributed by atoms with van der Waals surface area (Å²) in [5, 5.41) is 0. The molecule has 3 heteroatoms. The van der Waals surface area contributed by atoms with E-state index in [1.807, 2.05) is 44.2 Å². The van der Waals surface area contributed by atoms with E-state index in [0.717, 1.165) is 5.69 Å². The van der Waals surface area contributed by atoms with Gasteiger partial charge in [0, 0.05) is 12.7 Å². The molecule has 0 atom stereocenters. The minimum absolute atomic E-state index is 0.0892. The van der Waals surface area contributed by atoms with Gasteiger partial charge in [0.1, 0.15) is 0 Å². The van der Waals surface area contributed by atoms with Crippen LogP contribution in [0.3, 0.4) is 0 Å². The van der Waals surface area contributed by atoms with Crippen molar-refractivity contribution in [2.24, 2.45) is 0 Å². The number of para-hydroxylation sites is 1. The second-order valence-electron chi connectivity index (χ2n) is 3.33. The Bertz CT molecular complexity index is 295. The summed E-state index contributed by atoms with van der Waals surface area (Å²) < 4.78 is 5.05. The molecule has 0 radical (unpaired) electrons. The summed E-state index contributed by atoms with van der Waals surface area (Å²) in [6.07, 6.45) is -0.417. The second kappa shape index (κ2) is 4.65. The van der Waals surface area contributed by atoms with E-state index in [4.69, 9.17) is 4.74 Å². The Hall–Kier alpha value is -1.51. The van der Waals surface area contributed by atoms with Crippen molar-refractivity contribution in [1.82, 2.24) is 0 Å². The van der Waals surface area contributed by atoms with Gasteiger partial charge in [-0.05, 0) is 26.0 Å². The molecule has 1 rings (SSSR count). The zero-order valence-electron chi connectivity index (χ0n) is 8.73. The van der Waals surface area contributed by atoms with Crippen molar-refractivity contribution in [1.29, 1.82) is 0 Å². The van der Waals surface area contributed by atoms with Crippen LogP contribution in [0.2, 0.25) is 0 Å². The summed E-state index contributed by atoms with van der Waals surface area (Å²) in [7, 11) is 1.69. The van der Waals surface area contributed by atoms with Gasteiger partial charge in [-0.25, -0.2) is 4.79 Å². The molecular weight excluding hydrogens is 178 g/mol. The highest BCUT2D eigenvalue weighted by Gasteiger charge is 2.12. The minimum Gasteiger partial charge on any atom is -0.446 e. The Kier molecular flexibility index (Phi) is 3.51. The summed E-state index contributed by atoms with van der Waals surface area (Å²) >= 11 is 0. The molecule has 76 valence electrons. The predicted molar refractivity (Wildman–Crippen MR) is 56.5 cm³/mol. The third kappa shape index (κ3) is 2.76. The molecule has 0 aliphatic carbocycles. The van der Waals surface area contributed by atoms with Crippen LogP contribution >= 0.6 is 0 Å². The van der Waals surface area contributed by atoms with Crippen LogP contribution in [0.4, 0.5) is 10.5 Å². The number of rotatable bonds is 2. The first-order valence-corrected chi connectivity index (χ1v) is 4.60. The van der Waals surface area contributed by atoms with Crippen molar-refractivity contribution in [2.75, 3.05) is 11.9 Å². The van der Waals surface area contributed by atoms with Crippen molar-refractivity contribution in [3.05, 3.63) is 30.3 Å². The summed E-state index contributed by atoms with van der Waals surface area (Å²) in [5.74, 6) is 0. The predicted octanol–water partition coefficient (Wildman–Crippen LogP) is 2.67. The highest BCUT2D eigenvalue weighted by molar-refractivity contribution is 5.86. The molecule has 0 bridgehead atoms. The molecule has 14 heavy (non-hydrogen) atoms. The molecule has 0 unspecified atom stereocenters. The molecule has 0 aliphatic heterocycles. The average Bonchev–Trinajstić information content (AvgIpc) is 2.17. The number of amides is 1. The van der Waals surface area contributed by atoms with E-state index in [2.05, 4.69) is 0 Å². The van der Waals surface area contributed by atoms with Crippen LogP contribution in [0, 0.1) is 0 Å². The standard InChI is InChI=1S/C11H15NO2/c1-9(2)14-11(13)12(3)10-7-5-4-6-8-10/h4-9H,1-3H3. The first-order valence-electron chi connectivity index (χ1n) is 4.60. The van der Waals surface area contributed by atoms with Gasteiger partial charge in [0.05, 0.1) is 6.10 Å². The van der Waals surface area contributed by atoms with Gasteiger partial charge in [0.25, 0.3) is 0 Å². The van der Waals surface area contributed by atoms with Crippen LogP contribution in [0.1, 0.15) is 13.8 Å². The van der Waals surface area contributed by atoms with Gasteiger partial charge >= 0.3 is 6.09 Å². The molecule has 0 spiro atoms. The number of ether oxygens (including phenoxy) is 1. The first-order chi connectivity index (χ1) is 6.61. The van der Waals surface area contributed by atoms with E-state index in [-0.39, 0.29) is 12.2 Å². The van der Waals surface area contributed by atoms with E-state index in [1.54, 1.807) is 7.05 Å². The molecule has 0 saturated carbocycles. The second-order valence-corrected chi connectivity index (χ2v) is 3.33. The number of carbonyl (C=O) groups is 1. The van der Waals surface area contributed by atoms with Gasteiger partial charge in [-0.3, -0.25) is 4.90 Å². The summed E-state index contributed by atoms with van der Waals surface area (Å²) in [5.41, 5.74) is 0.832. The SMILES string of the molecule is CC(C)OC(=O)N(C)c1ccccc1. The fourth-order valence-corrected chi connectivity index (χ4v) is 1.04. The van der Waals surface area contributed by atoms with Gasteiger partial charge in [0.15, 0.2) is 0 Å². The van der Waals surface area contributed by atoms with Gasteiger partial charge < -0.3 is 4.74 Å². The van der Waals surface area contributed by atoms with Crippen LogP contribution in [0.5, 0.6) is 0 Å². The maximum atomic E-state index is 11.5. The lowest BCUT2D eigenvalue weighted by molar-refractivity contribution is 0.124. The Labute approximate surface area is 84.3 Å². The van der Waals surface area contributed by atoms with Gasteiger partial charge in [-0.2, -0.15) is 0 Å². The van der Waals surface area contributed by atoms with Gasteiger partial charge in [-0.1, -0.05) is 18.2 Å². The molecule has 0 N–H and O–H groups in total. The molecule has 0 saturated heterocycles. The quantitative estimate of drug-likeness (QED) is 0.722. The molecule has 0 fully saturated rings. The molecule has 0 aromatic heterocycles. The topological polar surface area (TPSA) is 29.5 Å². The van der Waals surface area contributed by atoms with Crippen LogP contribution in [0.25, 0.3) is 0 Å². The van der Waals surface area contributed by atoms with Crippen molar-refractivity contribution in [3.8, 4) is 0 Å². The number of nitrogens with zero attached hydrogens (tertiary/aromatic N) is 1. The van der Waals surface area contributed by atoms with E-state index in [9.17, 15) is 4.79 Å². The lowest BCUT2D eigenvalue weighted by Crippen LogP contribution is -2.29. The number of benzene rings is 1. The molecule has 0 heterocycles. The fourth-order valence-electron chi connectivity index (χ4n) is 1.04. The highest BCUT2D eigenvalue weighted by atomic mass is 16.6. The maximum absolute atomic E-state index is 11.5. The van der Waals surface area contributed by atoms with Crippen molar-refractivity contribution >= 4 is 11.8 Å². The minimum atomic E-state index is -0.328. The Morgan fingerprint density at radius 2 is 1.86 bits per heavy atom. The smallest absolute Gasteiger partial charge is 0.414 e.